The molecule has 6 heteroatoms. The number of hydrogen-bond donors (Lipinski definition) is 1. The Morgan fingerprint density at radius 1 is 1.03 bits per heavy atom. The van der Waals surface area contributed by atoms with E-state index < -0.39 is 17.9 Å². The van der Waals surface area contributed by atoms with E-state index in [1.165, 1.54) is 4.90 Å². The molecule has 2 aromatic carbocycles. The standard InChI is InChI=1S/C25H30N2O4/c1-18(2)13-16-31-22(28)17-21-24(29)26-14-15-27(21)25(30)23(19-9-5-3-6-10-19)20-11-7-4-8-12-20/h3-12,18,21,23H,13-17H2,1-2H3,(H,26,29). The zero-order valence-corrected chi connectivity index (χ0v) is 18.1. The Morgan fingerprint density at radius 3 is 2.16 bits per heavy atom. The third-order valence-electron chi connectivity index (χ3n) is 5.44. The Labute approximate surface area is 183 Å². The molecule has 1 atom stereocenters. The molecule has 0 saturated carbocycles. The molecule has 0 bridgehead atoms. The van der Waals surface area contributed by atoms with Crippen molar-refractivity contribution in [3.8, 4) is 0 Å². The van der Waals surface area contributed by atoms with Crippen molar-refractivity contribution in [2.75, 3.05) is 19.7 Å². The molecule has 1 N–H and O–H groups in total. The lowest BCUT2D eigenvalue weighted by atomic mass is 9.89. The summed E-state index contributed by atoms with van der Waals surface area (Å²) in [6.45, 7) is 5.13. The molecule has 1 saturated heterocycles. The van der Waals surface area contributed by atoms with Crippen LogP contribution in [0, 0.1) is 5.92 Å². The second kappa shape index (κ2) is 10.8. The van der Waals surface area contributed by atoms with Crippen molar-refractivity contribution in [2.24, 2.45) is 5.92 Å². The molecule has 2 aromatic rings. The van der Waals surface area contributed by atoms with E-state index in [2.05, 4.69) is 19.2 Å². The number of amides is 2. The van der Waals surface area contributed by atoms with Gasteiger partial charge in [0.15, 0.2) is 0 Å². The summed E-state index contributed by atoms with van der Waals surface area (Å²) in [7, 11) is 0. The highest BCUT2D eigenvalue weighted by Crippen LogP contribution is 2.28. The molecule has 2 amide bonds. The van der Waals surface area contributed by atoms with Crippen molar-refractivity contribution in [3.63, 3.8) is 0 Å². The first-order valence-corrected chi connectivity index (χ1v) is 10.8. The maximum absolute atomic E-state index is 13.7. The maximum atomic E-state index is 13.7. The molecule has 1 unspecified atom stereocenters. The van der Waals surface area contributed by atoms with E-state index in [9.17, 15) is 14.4 Å². The highest BCUT2D eigenvalue weighted by Gasteiger charge is 2.38. The van der Waals surface area contributed by atoms with Gasteiger partial charge in [0.25, 0.3) is 0 Å². The van der Waals surface area contributed by atoms with Gasteiger partial charge in [-0.3, -0.25) is 14.4 Å². The van der Waals surface area contributed by atoms with E-state index in [0.29, 0.717) is 25.6 Å². The van der Waals surface area contributed by atoms with Crippen LogP contribution in [0.3, 0.4) is 0 Å². The Hall–Kier alpha value is -3.15. The van der Waals surface area contributed by atoms with Gasteiger partial charge in [-0.25, -0.2) is 0 Å². The third kappa shape index (κ3) is 5.94. The van der Waals surface area contributed by atoms with E-state index in [0.717, 1.165) is 17.5 Å². The number of esters is 1. The molecule has 0 aromatic heterocycles. The van der Waals surface area contributed by atoms with Gasteiger partial charge in [0.2, 0.25) is 11.8 Å². The van der Waals surface area contributed by atoms with Gasteiger partial charge >= 0.3 is 5.97 Å². The molecule has 1 fully saturated rings. The average Bonchev–Trinajstić information content (AvgIpc) is 2.76. The summed E-state index contributed by atoms with van der Waals surface area (Å²) >= 11 is 0. The third-order valence-corrected chi connectivity index (χ3v) is 5.44. The van der Waals surface area contributed by atoms with Crippen molar-refractivity contribution in [1.82, 2.24) is 10.2 Å². The fourth-order valence-corrected chi connectivity index (χ4v) is 3.74. The number of carbonyl (C=O) groups excluding carboxylic acids is 3. The first-order chi connectivity index (χ1) is 15.0. The number of benzene rings is 2. The molecule has 0 spiro atoms. The second-order valence-corrected chi connectivity index (χ2v) is 8.20. The minimum absolute atomic E-state index is 0.147. The number of carbonyl (C=O) groups is 3. The number of rotatable bonds is 8. The van der Waals surface area contributed by atoms with Crippen molar-refractivity contribution in [1.29, 1.82) is 0 Å². The molecule has 31 heavy (non-hydrogen) atoms. The van der Waals surface area contributed by atoms with E-state index in [-0.39, 0.29) is 18.2 Å². The average molecular weight is 423 g/mol. The minimum atomic E-state index is -0.872. The van der Waals surface area contributed by atoms with Crippen LogP contribution in [0.15, 0.2) is 60.7 Å². The highest BCUT2D eigenvalue weighted by molar-refractivity contribution is 5.95. The molecular formula is C25H30N2O4. The van der Waals surface area contributed by atoms with Crippen molar-refractivity contribution in [3.05, 3.63) is 71.8 Å². The first kappa shape index (κ1) is 22.5. The molecule has 3 rings (SSSR count). The Bertz CT molecular complexity index is 843. The van der Waals surface area contributed by atoms with Crippen LogP contribution in [0.1, 0.15) is 43.7 Å². The van der Waals surface area contributed by atoms with Crippen LogP contribution < -0.4 is 5.32 Å². The lowest BCUT2D eigenvalue weighted by Gasteiger charge is -2.37. The normalized spacial score (nSPS) is 16.3. The zero-order chi connectivity index (χ0) is 22.2. The van der Waals surface area contributed by atoms with Gasteiger partial charge in [-0.15, -0.1) is 0 Å². The quantitative estimate of drug-likeness (QED) is 0.663. The van der Waals surface area contributed by atoms with Crippen LogP contribution in [0.5, 0.6) is 0 Å². The van der Waals surface area contributed by atoms with Gasteiger partial charge in [0, 0.05) is 13.1 Å². The van der Waals surface area contributed by atoms with Crippen LogP contribution in [0.2, 0.25) is 0 Å². The molecule has 164 valence electrons. The van der Waals surface area contributed by atoms with Crippen LogP contribution in [-0.4, -0.2) is 48.4 Å². The number of nitrogens with zero attached hydrogens (tertiary/aromatic N) is 1. The molecular weight excluding hydrogens is 392 g/mol. The summed E-state index contributed by atoms with van der Waals surface area (Å²) in [4.78, 5) is 40.3. The lowest BCUT2D eigenvalue weighted by molar-refractivity contribution is -0.152. The predicted molar refractivity (Wildman–Crippen MR) is 118 cm³/mol. The van der Waals surface area contributed by atoms with E-state index in [1.807, 2.05) is 60.7 Å². The predicted octanol–water partition coefficient (Wildman–Crippen LogP) is 3.12. The highest BCUT2D eigenvalue weighted by atomic mass is 16.5. The van der Waals surface area contributed by atoms with Crippen LogP contribution in [0.4, 0.5) is 0 Å². The summed E-state index contributed by atoms with van der Waals surface area (Å²) in [6.07, 6.45) is 0.612. The summed E-state index contributed by atoms with van der Waals surface area (Å²) < 4.78 is 5.30. The van der Waals surface area contributed by atoms with Crippen LogP contribution in [0.25, 0.3) is 0 Å². The summed E-state index contributed by atoms with van der Waals surface area (Å²) in [5.74, 6) is -1.10. The summed E-state index contributed by atoms with van der Waals surface area (Å²) in [5.41, 5.74) is 1.70. The topological polar surface area (TPSA) is 75.7 Å². The lowest BCUT2D eigenvalue weighted by Crippen LogP contribution is -2.58. The fraction of sp³-hybridized carbons (Fsp3) is 0.400. The van der Waals surface area contributed by atoms with Gasteiger partial charge in [-0.1, -0.05) is 74.5 Å². The largest absolute Gasteiger partial charge is 0.466 e. The van der Waals surface area contributed by atoms with Gasteiger partial charge in [-0.05, 0) is 23.5 Å². The molecule has 1 heterocycles. The smallest absolute Gasteiger partial charge is 0.308 e. The monoisotopic (exact) mass is 422 g/mol. The maximum Gasteiger partial charge on any atom is 0.308 e. The number of nitrogens with one attached hydrogen (secondary N) is 1. The Morgan fingerprint density at radius 2 is 1.61 bits per heavy atom. The van der Waals surface area contributed by atoms with Gasteiger partial charge in [0.05, 0.1) is 18.9 Å². The van der Waals surface area contributed by atoms with Gasteiger partial charge < -0.3 is 15.0 Å². The molecule has 1 aliphatic rings. The van der Waals surface area contributed by atoms with E-state index in [1.54, 1.807) is 0 Å². The molecule has 6 nitrogen and oxygen atoms in total. The van der Waals surface area contributed by atoms with Crippen molar-refractivity contribution >= 4 is 17.8 Å². The van der Waals surface area contributed by atoms with Crippen molar-refractivity contribution in [2.45, 2.75) is 38.6 Å². The van der Waals surface area contributed by atoms with E-state index in [4.69, 9.17) is 4.74 Å². The SMILES string of the molecule is CC(C)CCOC(=O)CC1C(=O)NCCN1C(=O)C(c1ccccc1)c1ccccc1. The molecule has 1 aliphatic heterocycles. The van der Waals surface area contributed by atoms with Gasteiger partial charge in [0.1, 0.15) is 6.04 Å². The van der Waals surface area contributed by atoms with Crippen molar-refractivity contribution < 1.29 is 19.1 Å². The number of ether oxygens (including phenoxy) is 1. The summed E-state index contributed by atoms with van der Waals surface area (Å²) in [6, 6.07) is 18.2. The fourth-order valence-electron chi connectivity index (χ4n) is 3.74. The summed E-state index contributed by atoms with van der Waals surface area (Å²) in [5, 5.41) is 2.77. The Kier molecular flexibility index (Phi) is 7.82. The molecule has 0 radical (unpaired) electrons. The van der Waals surface area contributed by atoms with E-state index >= 15 is 0 Å². The molecule has 0 aliphatic carbocycles. The second-order valence-electron chi connectivity index (χ2n) is 8.20. The Balaban J connectivity index is 1.83. The zero-order valence-electron chi connectivity index (χ0n) is 18.1. The number of piperazine rings is 1. The van der Waals surface area contributed by atoms with Crippen LogP contribution in [-0.2, 0) is 19.1 Å². The van der Waals surface area contributed by atoms with Gasteiger partial charge in [-0.2, -0.15) is 0 Å². The first-order valence-electron chi connectivity index (χ1n) is 10.8. The van der Waals surface area contributed by atoms with Crippen LogP contribution >= 0.6 is 0 Å². The minimum Gasteiger partial charge on any atom is -0.466 e. The number of hydrogen-bond acceptors (Lipinski definition) is 4.